The molecule has 0 N–H and O–H groups in total. The Kier molecular flexibility index (Phi) is 6.91. The van der Waals surface area contributed by atoms with Crippen molar-refractivity contribution in [2.24, 2.45) is 5.92 Å². The van der Waals surface area contributed by atoms with Crippen molar-refractivity contribution < 1.29 is 9.53 Å². The molecule has 1 fully saturated rings. The summed E-state index contributed by atoms with van der Waals surface area (Å²) in [7, 11) is 0. The lowest BCUT2D eigenvalue weighted by Crippen LogP contribution is -2.13. The van der Waals surface area contributed by atoms with Gasteiger partial charge in [-0.25, -0.2) is 14.8 Å². The van der Waals surface area contributed by atoms with Crippen molar-refractivity contribution in [1.82, 2.24) is 9.97 Å². The first-order valence-electron chi connectivity index (χ1n) is 11.3. The molecule has 0 saturated heterocycles. The van der Waals surface area contributed by atoms with E-state index in [1.54, 1.807) is 36.4 Å². The fourth-order valence-corrected chi connectivity index (χ4v) is 4.41. The van der Waals surface area contributed by atoms with Crippen molar-refractivity contribution in [3.05, 3.63) is 77.6 Å². The van der Waals surface area contributed by atoms with Crippen LogP contribution in [0, 0.1) is 17.2 Å². The van der Waals surface area contributed by atoms with E-state index < -0.39 is 5.97 Å². The maximum absolute atomic E-state index is 12.3. The van der Waals surface area contributed by atoms with E-state index >= 15 is 0 Å². The van der Waals surface area contributed by atoms with Crippen molar-refractivity contribution >= 4 is 5.97 Å². The quantitative estimate of drug-likeness (QED) is 0.342. The summed E-state index contributed by atoms with van der Waals surface area (Å²) in [6.07, 6.45) is 11.6. The number of carbonyl (C=O) groups is 1. The van der Waals surface area contributed by atoms with Gasteiger partial charge in [0.2, 0.25) is 0 Å². The van der Waals surface area contributed by atoms with E-state index in [9.17, 15) is 4.79 Å². The summed E-state index contributed by atoms with van der Waals surface area (Å²) in [4.78, 5) is 21.5. The molecule has 1 saturated carbocycles. The summed E-state index contributed by atoms with van der Waals surface area (Å²) >= 11 is 0. The van der Waals surface area contributed by atoms with Crippen molar-refractivity contribution in [3.63, 3.8) is 0 Å². The van der Waals surface area contributed by atoms with E-state index in [2.05, 4.69) is 16.9 Å². The van der Waals surface area contributed by atoms with Gasteiger partial charge in [0.15, 0.2) is 5.82 Å². The van der Waals surface area contributed by atoms with E-state index in [4.69, 9.17) is 10.00 Å². The Bertz CT molecular complexity index is 1080. The number of nitriles is 1. The molecule has 1 heterocycles. The summed E-state index contributed by atoms with van der Waals surface area (Å²) in [5, 5.41) is 8.85. The average molecular weight is 426 g/mol. The zero-order valence-electron chi connectivity index (χ0n) is 18.3. The van der Waals surface area contributed by atoms with Crippen LogP contribution in [-0.4, -0.2) is 15.9 Å². The van der Waals surface area contributed by atoms with E-state index in [0.29, 0.717) is 28.6 Å². The number of carbonyl (C=O) groups excluding carboxylic acids is 1. The Hall–Kier alpha value is -3.52. The van der Waals surface area contributed by atoms with Crippen molar-refractivity contribution in [1.29, 1.82) is 5.26 Å². The third kappa shape index (κ3) is 5.20. The highest BCUT2D eigenvalue weighted by molar-refractivity contribution is 5.91. The fraction of sp³-hybridized carbons (Fsp3) is 0.333. The van der Waals surface area contributed by atoms with Crippen LogP contribution in [0.25, 0.3) is 11.4 Å². The molecule has 0 spiro atoms. The molecule has 5 nitrogen and oxygen atoms in total. The first-order valence-corrected chi connectivity index (χ1v) is 11.3. The monoisotopic (exact) mass is 425 g/mol. The SMILES string of the molecule is CCCC1CCC(c2cnc(-c3ccc(OC(=O)c4ccc(C#N)cc4)cc3)nc2)CC1. The molecule has 4 rings (SSSR count). The Morgan fingerprint density at radius 1 is 1.00 bits per heavy atom. The van der Waals surface area contributed by atoms with E-state index in [1.807, 2.05) is 30.6 Å². The molecule has 2 aromatic carbocycles. The van der Waals surface area contributed by atoms with E-state index in [-0.39, 0.29) is 0 Å². The molecule has 0 atom stereocenters. The highest BCUT2D eigenvalue weighted by Gasteiger charge is 2.22. The molecule has 0 unspecified atom stereocenters. The summed E-state index contributed by atoms with van der Waals surface area (Å²) in [6, 6.07) is 15.6. The maximum atomic E-state index is 12.3. The highest BCUT2D eigenvalue weighted by Crippen LogP contribution is 2.37. The van der Waals surface area contributed by atoms with Gasteiger partial charge in [0.25, 0.3) is 0 Å². The highest BCUT2D eigenvalue weighted by atomic mass is 16.5. The van der Waals surface area contributed by atoms with Crippen LogP contribution in [0.1, 0.15) is 72.9 Å². The molecule has 1 aromatic heterocycles. The minimum absolute atomic E-state index is 0.399. The second-order valence-corrected chi connectivity index (χ2v) is 8.45. The number of rotatable bonds is 6. The lowest BCUT2D eigenvalue weighted by atomic mass is 9.78. The number of hydrogen-bond donors (Lipinski definition) is 0. The summed E-state index contributed by atoms with van der Waals surface area (Å²) < 4.78 is 5.43. The molecule has 3 aromatic rings. The molecular weight excluding hydrogens is 398 g/mol. The molecular formula is C27H27N3O2. The molecule has 1 aliphatic carbocycles. The van der Waals surface area contributed by atoms with Crippen LogP contribution >= 0.6 is 0 Å². The minimum Gasteiger partial charge on any atom is -0.423 e. The third-order valence-electron chi connectivity index (χ3n) is 6.26. The molecule has 32 heavy (non-hydrogen) atoms. The van der Waals surface area contributed by atoms with Crippen LogP contribution in [0.3, 0.4) is 0 Å². The van der Waals surface area contributed by atoms with Gasteiger partial charge in [0, 0.05) is 18.0 Å². The molecule has 0 radical (unpaired) electrons. The van der Waals surface area contributed by atoms with Crippen molar-refractivity contribution in [2.75, 3.05) is 0 Å². The largest absolute Gasteiger partial charge is 0.423 e. The van der Waals surface area contributed by atoms with Crippen LogP contribution in [-0.2, 0) is 0 Å². The predicted octanol–water partition coefficient (Wildman–Crippen LogP) is 6.31. The van der Waals surface area contributed by atoms with Gasteiger partial charge >= 0.3 is 5.97 Å². The molecule has 0 amide bonds. The van der Waals surface area contributed by atoms with Crippen molar-refractivity contribution in [2.45, 2.75) is 51.4 Å². The average Bonchev–Trinajstić information content (AvgIpc) is 2.85. The number of ether oxygens (including phenoxy) is 1. The Morgan fingerprint density at radius 3 is 2.25 bits per heavy atom. The fourth-order valence-electron chi connectivity index (χ4n) is 4.41. The first kappa shape index (κ1) is 21.7. The van der Waals surface area contributed by atoms with Crippen LogP contribution in [0.4, 0.5) is 0 Å². The van der Waals surface area contributed by atoms with Crippen LogP contribution in [0.2, 0.25) is 0 Å². The lowest BCUT2D eigenvalue weighted by molar-refractivity contribution is 0.0735. The maximum Gasteiger partial charge on any atom is 0.343 e. The van der Waals surface area contributed by atoms with E-state index in [0.717, 1.165) is 11.5 Å². The van der Waals surface area contributed by atoms with Gasteiger partial charge in [-0.05, 0) is 91.6 Å². The van der Waals surface area contributed by atoms with Gasteiger partial charge < -0.3 is 4.74 Å². The second kappa shape index (κ2) is 10.2. The van der Waals surface area contributed by atoms with Crippen LogP contribution < -0.4 is 4.74 Å². The summed E-state index contributed by atoms with van der Waals surface area (Å²) in [6.45, 7) is 2.27. The van der Waals surface area contributed by atoms with Gasteiger partial charge in [0.1, 0.15) is 5.75 Å². The Balaban J connectivity index is 1.36. The lowest BCUT2D eigenvalue weighted by Gasteiger charge is -2.28. The number of benzene rings is 2. The number of esters is 1. The molecule has 1 aliphatic rings. The minimum atomic E-state index is -0.462. The zero-order chi connectivity index (χ0) is 22.3. The Labute approximate surface area is 189 Å². The number of aromatic nitrogens is 2. The zero-order valence-corrected chi connectivity index (χ0v) is 18.3. The predicted molar refractivity (Wildman–Crippen MR) is 123 cm³/mol. The molecule has 5 heteroatoms. The normalized spacial score (nSPS) is 18.0. The summed E-state index contributed by atoms with van der Waals surface area (Å²) in [5.41, 5.74) is 3.01. The number of nitrogens with zero attached hydrogens (tertiary/aromatic N) is 3. The van der Waals surface area contributed by atoms with Gasteiger partial charge in [-0.1, -0.05) is 19.8 Å². The number of hydrogen-bond acceptors (Lipinski definition) is 5. The molecule has 162 valence electrons. The third-order valence-corrected chi connectivity index (χ3v) is 6.26. The van der Waals surface area contributed by atoms with Crippen LogP contribution in [0.5, 0.6) is 5.75 Å². The van der Waals surface area contributed by atoms with Gasteiger partial charge in [-0.15, -0.1) is 0 Å². The smallest absolute Gasteiger partial charge is 0.343 e. The molecule has 0 aliphatic heterocycles. The van der Waals surface area contributed by atoms with Crippen molar-refractivity contribution in [3.8, 4) is 23.2 Å². The van der Waals surface area contributed by atoms with Gasteiger partial charge in [-0.2, -0.15) is 5.26 Å². The first-order chi connectivity index (χ1) is 15.7. The second-order valence-electron chi connectivity index (χ2n) is 8.45. The van der Waals surface area contributed by atoms with Gasteiger partial charge in [0.05, 0.1) is 17.2 Å². The Morgan fingerprint density at radius 2 is 1.66 bits per heavy atom. The summed E-state index contributed by atoms with van der Waals surface area (Å²) in [5.74, 6) is 2.11. The topological polar surface area (TPSA) is 75.9 Å². The van der Waals surface area contributed by atoms with Crippen LogP contribution in [0.15, 0.2) is 60.9 Å². The van der Waals surface area contributed by atoms with E-state index in [1.165, 1.54) is 44.1 Å². The standard InChI is InChI=1S/C27H27N3O2/c1-2-3-19-4-8-21(9-5-19)24-17-29-26(30-18-24)22-12-14-25(15-13-22)32-27(31)23-10-6-20(16-28)7-11-23/h6-7,10-15,17-19,21H,2-5,8-9H2,1H3. The molecule has 0 bridgehead atoms. The van der Waals surface area contributed by atoms with Gasteiger partial charge in [-0.3, -0.25) is 0 Å².